The minimum atomic E-state index is 0.840. The number of nitrogens with zero attached hydrogens (tertiary/aromatic N) is 1. The minimum Gasteiger partial charge on any atom is -0.497 e. The number of fused-ring (bicyclic) bond motifs is 1. The first-order chi connectivity index (χ1) is 16.3. The average molecular weight is 428 g/mol. The molecule has 5 aromatic carbocycles. The molecule has 0 aliphatic carbocycles. The third kappa shape index (κ3) is 4.37. The predicted molar refractivity (Wildman–Crippen MR) is 139 cm³/mol. The fourth-order valence-corrected chi connectivity index (χ4v) is 4.12. The Labute approximate surface area is 195 Å². The number of methoxy groups -OCH3 is 1. The summed E-state index contributed by atoms with van der Waals surface area (Å²) in [5.74, 6) is 0.840. The first-order valence-corrected chi connectivity index (χ1v) is 11.1. The summed E-state index contributed by atoms with van der Waals surface area (Å²) in [5.41, 5.74) is 5.68. The van der Waals surface area contributed by atoms with Crippen LogP contribution in [0.1, 0.15) is 11.1 Å². The Morgan fingerprint density at radius 1 is 0.606 bits per heavy atom. The SMILES string of the molecule is COc1ccc(N(C=C(c2ccccc2)c2ccccc2)c2cccc3ccccc23)cc1. The van der Waals surface area contributed by atoms with Crippen LogP contribution in [0.25, 0.3) is 16.3 Å². The molecule has 0 saturated heterocycles. The molecule has 2 nitrogen and oxygen atoms in total. The third-order valence-corrected chi connectivity index (χ3v) is 5.80. The van der Waals surface area contributed by atoms with Gasteiger partial charge in [0, 0.05) is 22.8 Å². The second-order valence-corrected chi connectivity index (χ2v) is 7.84. The lowest BCUT2D eigenvalue weighted by Gasteiger charge is -2.25. The topological polar surface area (TPSA) is 12.5 Å². The molecule has 0 aliphatic heterocycles. The monoisotopic (exact) mass is 427 g/mol. The maximum Gasteiger partial charge on any atom is 0.119 e. The van der Waals surface area contributed by atoms with Crippen molar-refractivity contribution in [1.82, 2.24) is 0 Å². The Hall–Kier alpha value is -4.30. The predicted octanol–water partition coefficient (Wildman–Crippen LogP) is 8.08. The molecule has 0 aliphatic rings. The average Bonchev–Trinajstić information content (AvgIpc) is 2.90. The van der Waals surface area contributed by atoms with Crippen LogP contribution in [0.15, 0.2) is 134 Å². The van der Waals surface area contributed by atoms with Crippen molar-refractivity contribution in [2.75, 3.05) is 12.0 Å². The second-order valence-electron chi connectivity index (χ2n) is 7.84. The van der Waals surface area contributed by atoms with Gasteiger partial charge in [0.05, 0.1) is 12.8 Å². The molecule has 5 rings (SSSR count). The lowest BCUT2D eigenvalue weighted by molar-refractivity contribution is 0.415. The van der Waals surface area contributed by atoms with Gasteiger partial charge in [-0.25, -0.2) is 0 Å². The Morgan fingerprint density at radius 2 is 1.18 bits per heavy atom. The maximum atomic E-state index is 5.41. The van der Waals surface area contributed by atoms with E-state index in [1.54, 1.807) is 7.11 Å². The first-order valence-electron chi connectivity index (χ1n) is 11.1. The smallest absolute Gasteiger partial charge is 0.119 e. The molecule has 0 fully saturated rings. The number of ether oxygens (including phenoxy) is 1. The molecule has 0 amide bonds. The van der Waals surface area contributed by atoms with Gasteiger partial charge in [0.25, 0.3) is 0 Å². The zero-order chi connectivity index (χ0) is 22.5. The van der Waals surface area contributed by atoms with Crippen molar-refractivity contribution in [3.8, 4) is 5.75 Å². The standard InChI is InChI=1S/C31H25NO/c1-33-28-21-19-27(20-22-28)32(31-18-10-16-24-15-8-9-17-29(24)31)23-30(25-11-4-2-5-12-25)26-13-6-3-7-14-26/h2-23H,1H3. The largest absolute Gasteiger partial charge is 0.497 e. The van der Waals surface area contributed by atoms with Crippen LogP contribution in [-0.2, 0) is 0 Å². The van der Waals surface area contributed by atoms with Crippen LogP contribution in [0, 0.1) is 0 Å². The molecule has 0 bridgehead atoms. The molecular formula is C31H25NO. The summed E-state index contributed by atoms with van der Waals surface area (Å²) in [6.07, 6.45) is 2.24. The van der Waals surface area contributed by atoms with Crippen molar-refractivity contribution in [2.24, 2.45) is 0 Å². The highest BCUT2D eigenvalue weighted by molar-refractivity contribution is 5.98. The fraction of sp³-hybridized carbons (Fsp3) is 0.0323. The van der Waals surface area contributed by atoms with Crippen molar-refractivity contribution in [3.63, 3.8) is 0 Å². The quantitative estimate of drug-likeness (QED) is 0.272. The summed E-state index contributed by atoms with van der Waals surface area (Å²) in [6.45, 7) is 0. The van der Waals surface area contributed by atoms with Gasteiger partial charge >= 0.3 is 0 Å². The molecule has 0 heterocycles. The van der Waals surface area contributed by atoms with E-state index in [1.165, 1.54) is 21.9 Å². The highest BCUT2D eigenvalue weighted by Gasteiger charge is 2.14. The minimum absolute atomic E-state index is 0.840. The number of anilines is 2. The Bertz CT molecular complexity index is 1330. The van der Waals surface area contributed by atoms with Gasteiger partial charge in [-0.1, -0.05) is 97.1 Å². The number of rotatable bonds is 6. The highest BCUT2D eigenvalue weighted by atomic mass is 16.5. The second kappa shape index (κ2) is 9.46. The van der Waals surface area contributed by atoms with Gasteiger partial charge in [-0.3, -0.25) is 0 Å². The molecule has 0 N–H and O–H groups in total. The summed E-state index contributed by atoms with van der Waals surface area (Å²) in [6, 6.07) is 44.3. The van der Waals surface area contributed by atoms with E-state index in [2.05, 4.69) is 126 Å². The molecule has 33 heavy (non-hydrogen) atoms. The first kappa shape index (κ1) is 20.6. The Morgan fingerprint density at radius 3 is 1.82 bits per heavy atom. The van der Waals surface area contributed by atoms with Gasteiger partial charge < -0.3 is 9.64 Å². The van der Waals surface area contributed by atoms with Crippen LogP contribution in [0.5, 0.6) is 5.75 Å². The fourth-order valence-electron chi connectivity index (χ4n) is 4.12. The van der Waals surface area contributed by atoms with E-state index < -0.39 is 0 Å². The van der Waals surface area contributed by atoms with E-state index in [0.717, 1.165) is 22.7 Å². The normalized spacial score (nSPS) is 10.6. The van der Waals surface area contributed by atoms with Gasteiger partial charge in [0.1, 0.15) is 5.75 Å². The van der Waals surface area contributed by atoms with Gasteiger partial charge in [-0.15, -0.1) is 0 Å². The van der Waals surface area contributed by atoms with Crippen molar-refractivity contribution >= 4 is 27.7 Å². The van der Waals surface area contributed by atoms with E-state index in [4.69, 9.17) is 4.74 Å². The number of hydrogen-bond donors (Lipinski definition) is 0. The van der Waals surface area contributed by atoms with Crippen LogP contribution in [0.4, 0.5) is 11.4 Å². The molecular weight excluding hydrogens is 402 g/mol. The summed E-state index contributed by atoms with van der Waals surface area (Å²) >= 11 is 0. The highest BCUT2D eigenvalue weighted by Crippen LogP contribution is 2.36. The van der Waals surface area contributed by atoms with Crippen molar-refractivity contribution in [1.29, 1.82) is 0 Å². The lowest BCUT2D eigenvalue weighted by Crippen LogP contribution is -2.11. The van der Waals surface area contributed by atoms with Gasteiger partial charge in [-0.2, -0.15) is 0 Å². The van der Waals surface area contributed by atoms with E-state index in [-0.39, 0.29) is 0 Å². The number of hydrogen-bond acceptors (Lipinski definition) is 2. The molecule has 0 spiro atoms. The maximum absolute atomic E-state index is 5.41. The van der Waals surface area contributed by atoms with Crippen LogP contribution in [0.2, 0.25) is 0 Å². The van der Waals surface area contributed by atoms with Crippen molar-refractivity contribution < 1.29 is 4.74 Å². The zero-order valence-electron chi connectivity index (χ0n) is 18.6. The Kier molecular flexibility index (Phi) is 5.90. The lowest BCUT2D eigenvalue weighted by atomic mass is 9.98. The molecule has 0 unspecified atom stereocenters. The van der Waals surface area contributed by atoms with Gasteiger partial charge in [-0.05, 0) is 46.8 Å². The van der Waals surface area contributed by atoms with Crippen LogP contribution < -0.4 is 9.64 Å². The summed E-state index contributed by atoms with van der Waals surface area (Å²) < 4.78 is 5.41. The summed E-state index contributed by atoms with van der Waals surface area (Å²) in [5, 5.41) is 2.41. The summed E-state index contributed by atoms with van der Waals surface area (Å²) in [4.78, 5) is 2.27. The van der Waals surface area contributed by atoms with Crippen molar-refractivity contribution in [3.05, 3.63) is 145 Å². The van der Waals surface area contributed by atoms with Crippen LogP contribution in [0.3, 0.4) is 0 Å². The third-order valence-electron chi connectivity index (χ3n) is 5.80. The van der Waals surface area contributed by atoms with E-state index >= 15 is 0 Å². The molecule has 0 atom stereocenters. The number of benzene rings is 5. The molecule has 2 heteroatoms. The van der Waals surface area contributed by atoms with Gasteiger partial charge in [0.2, 0.25) is 0 Å². The van der Waals surface area contributed by atoms with E-state index in [0.29, 0.717) is 0 Å². The zero-order valence-corrected chi connectivity index (χ0v) is 18.6. The van der Waals surface area contributed by atoms with Crippen molar-refractivity contribution in [2.45, 2.75) is 0 Å². The summed E-state index contributed by atoms with van der Waals surface area (Å²) in [7, 11) is 1.69. The van der Waals surface area contributed by atoms with Gasteiger partial charge in [0.15, 0.2) is 0 Å². The van der Waals surface area contributed by atoms with E-state index in [1.807, 2.05) is 12.1 Å². The van der Waals surface area contributed by atoms with Crippen LogP contribution >= 0.6 is 0 Å². The van der Waals surface area contributed by atoms with Crippen LogP contribution in [-0.4, -0.2) is 7.11 Å². The molecule has 160 valence electrons. The molecule has 5 aromatic rings. The molecule has 0 radical (unpaired) electrons. The Balaban J connectivity index is 1.76. The van der Waals surface area contributed by atoms with E-state index in [9.17, 15) is 0 Å². The molecule has 0 saturated carbocycles. The molecule has 0 aromatic heterocycles.